The van der Waals surface area contributed by atoms with E-state index in [-0.39, 0.29) is 29.0 Å². The summed E-state index contributed by atoms with van der Waals surface area (Å²) in [4.78, 5) is 12.1. The van der Waals surface area contributed by atoms with E-state index in [0.29, 0.717) is 33.8 Å². The summed E-state index contributed by atoms with van der Waals surface area (Å²) in [6.07, 6.45) is 0. The lowest BCUT2D eigenvalue weighted by Crippen LogP contribution is -2.08. The lowest BCUT2D eigenvalue weighted by Gasteiger charge is -2.21. The summed E-state index contributed by atoms with van der Waals surface area (Å²) < 4.78 is 21.3. The molecule has 1 aliphatic heterocycles. The van der Waals surface area contributed by atoms with Crippen LogP contribution in [-0.4, -0.2) is 37.2 Å². The molecular weight excluding hydrogens is 380 g/mol. The maximum absolute atomic E-state index is 12.8. The minimum atomic E-state index is -1.27. The lowest BCUT2D eigenvalue weighted by molar-refractivity contribution is -0.267. The standard InChI is InChI=1S/C21H18O8/c1-26-15-4-10-3-11(8-22)19(21(24)25)20(12(10)5-16(15)27-2)13-6-17-18(7-14(13)23)29-9-28-17/h3-7,22-23H,8-9H2,1-2H3,(H,24,25)/p-1. The van der Waals surface area contributed by atoms with E-state index in [1.54, 1.807) is 18.2 Å². The summed E-state index contributed by atoms with van der Waals surface area (Å²) >= 11 is 0. The highest BCUT2D eigenvalue weighted by Crippen LogP contribution is 2.46. The molecule has 0 bridgehead atoms. The van der Waals surface area contributed by atoms with Crippen LogP contribution in [0.2, 0.25) is 0 Å². The number of carboxylic acid groups (broad SMARTS) is 1. The monoisotopic (exact) mass is 397 g/mol. The van der Waals surface area contributed by atoms with Crippen molar-refractivity contribution in [1.29, 1.82) is 0 Å². The van der Waals surface area contributed by atoms with Crippen LogP contribution in [0.3, 0.4) is 0 Å². The third kappa shape index (κ3) is 2.94. The summed E-state index contributed by atoms with van der Waals surface area (Å²) in [6, 6.07) is 7.56. The Morgan fingerprint density at radius 2 is 1.72 bits per heavy atom. The number of fused-ring (bicyclic) bond motifs is 2. The molecular formula is C21H17O8-. The zero-order valence-electron chi connectivity index (χ0n) is 15.6. The molecule has 29 heavy (non-hydrogen) atoms. The largest absolute Gasteiger partial charge is 0.872 e. The molecule has 0 spiro atoms. The van der Waals surface area contributed by atoms with Gasteiger partial charge < -0.3 is 34.3 Å². The summed E-state index contributed by atoms with van der Waals surface area (Å²) in [5.41, 5.74) is 0.301. The number of aliphatic hydroxyl groups excluding tert-OH is 1. The average molecular weight is 397 g/mol. The maximum Gasteiger partial charge on any atom is 0.336 e. The van der Waals surface area contributed by atoms with Gasteiger partial charge in [-0.05, 0) is 52.2 Å². The molecule has 0 saturated carbocycles. The van der Waals surface area contributed by atoms with Crippen LogP contribution in [0.4, 0.5) is 0 Å². The highest BCUT2D eigenvalue weighted by molar-refractivity contribution is 6.10. The van der Waals surface area contributed by atoms with Crippen LogP contribution in [0, 0.1) is 0 Å². The van der Waals surface area contributed by atoms with Crippen molar-refractivity contribution in [2.45, 2.75) is 6.61 Å². The van der Waals surface area contributed by atoms with Crippen molar-refractivity contribution >= 4 is 16.7 Å². The zero-order chi connectivity index (χ0) is 20.7. The highest BCUT2D eigenvalue weighted by atomic mass is 16.7. The highest BCUT2D eigenvalue weighted by Gasteiger charge is 2.24. The fourth-order valence-electron chi connectivity index (χ4n) is 3.55. The Balaban J connectivity index is 2.15. The molecule has 3 aromatic carbocycles. The van der Waals surface area contributed by atoms with Gasteiger partial charge in [-0.25, -0.2) is 4.79 Å². The molecule has 150 valence electrons. The maximum atomic E-state index is 12.8. The van der Waals surface area contributed by atoms with Gasteiger partial charge in [0.25, 0.3) is 0 Å². The smallest absolute Gasteiger partial charge is 0.336 e. The lowest BCUT2D eigenvalue weighted by atomic mass is 9.88. The van der Waals surface area contributed by atoms with Gasteiger partial charge in [-0.3, -0.25) is 0 Å². The van der Waals surface area contributed by atoms with Gasteiger partial charge in [0, 0.05) is 5.56 Å². The second kappa shape index (κ2) is 7.06. The van der Waals surface area contributed by atoms with Crippen molar-refractivity contribution in [3.63, 3.8) is 0 Å². The van der Waals surface area contributed by atoms with Gasteiger partial charge in [0.1, 0.15) is 0 Å². The van der Waals surface area contributed by atoms with Crippen LogP contribution in [0.1, 0.15) is 15.9 Å². The van der Waals surface area contributed by atoms with Crippen molar-refractivity contribution in [2.24, 2.45) is 0 Å². The third-order valence-electron chi connectivity index (χ3n) is 4.85. The van der Waals surface area contributed by atoms with Crippen LogP contribution in [-0.2, 0) is 6.61 Å². The first-order chi connectivity index (χ1) is 14.0. The number of carbonyl (C=O) groups is 1. The molecule has 8 nitrogen and oxygen atoms in total. The summed E-state index contributed by atoms with van der Waals surface area (Å²) in [5.74, 6) is -0.231. The van der Waals surface area contributed by atoms with Crippen molar-refractivity contribution < 1.29 is 39.1 Å². The second-order valence-corrected chi connectivity index (χ2v) is 6.38. The molecule has 0 unspecified atom stereocenters. The zero-order valence-corrected chi connectivity index (χ0v) is 15.6. The van der Waals surface area contributed by atoms with Crippen LogP contribution < -0.4 is 24.1 Å². The van der Waals surface area contributed by atoms with Crippen LogP contribution in [0.15, 0.2) is 30.3 Å². The Bertz CT molecular complexity index is 1140. The van der Waals surface area contributed by atoms with Gasteiger partial charge in [-0.1, -0.05) is 5.75 Å². The number of ether oxygens (including phenoxy) is 4. The second-order valence-electron chi connectivity index (χ2n) is 6.38. The van der Waals surface area contributed by atoms with E-state index in [4.69, 9.17) is 18.9 Å². The summed E-state index contributed by atoms with van der Waals surface area (Å²) in [7, 11) is 2.94. The van der Waals surface area contributed by atoms with Gasteiger partial charge in [0.2, 0.25) is 6.79 Å². The first kappa shape index (κ1) is 18.7. The molecule has 0 saturated heterocycles. The predicted molar refractivity (Wildman–Crippen MR) is 101 cm³/mol. The van der Waals surface area contributed by atoms with E-state index in [0.717, 1.165) is 0 Å². The molecule has 0 aliphatic carbocycles. The molecule has 4 rings (SSSR count). The quantitative estimate of drug-likeness (QED) is 0.674. The predicted octanol–water partition coefficient (Wildman–Crippen LogP) is 2.52. The molecule has 2 N–H and O–H groups in total. The number of hydrogen-bond acceptors (Lipinski definition) is 7. The Morgan fingerprint density at radius 1 is 1.07 bits per heavy atom. The SMILES string of the molecule is COc1cc2cc(CO)c(C(=O)O)c(-c3cc4c(cc3[O-])OCO4)c2cc1OC. The molecule has 1 aliphatic rings. The van der Waals surface area contributed by atoms with Gasteiger partial charge in [-0.15, -0.1) is 0 Å². The van der Waals surface area contributed by atoms with Crippen molar-refractivity contribution in [3.05, 3.63) is 41.5 Å². The van der Waals surface area contributed by atoms with Crippen molar-refractivity contribution in [3.8, 4) is 39.9 Å². The topological polar surface area (TPSA) is 118 Å². The summed E-state index contributed by atoms with van der Waals surface area (Å²) in [5, 5.41) is 33.6. The van der Waals surface area contributed by atoms with E-state index < -0.39 is 18.3 Å². The van der Waals surface area contributed by atoms with E-state index >= 15 is 0 Å². The summed E-state index contributed by atoms with van der Waals surface area (Å²) in [6.45, 7) is -0.538. The molecule has 0 fully saturated rings. The molecule has 0 atom stereocenters. The van der Waals surface area contributed by atoms with Crippen molar-refractivity contribution in [2.75, 3.05) is 21.0 Å². The Morgan fingerprint density at radius 3 is 2.34 bits per heavy atom. The van der Waals surface area contributed by atoms with Gasteiger partial charge in [0.05, 0.1) is 26.4 Å². The molecule has 0 aromatic heterocycles. The van der Waals surface area contributed by atoms with Crippen molar-refractivity contribution in [1.82, 2.24) is 0 Å². The van der Waals surface area contributed by atoms with Crippen LogP contribution in [0.25, 0.3) is 21.9 Å². The number of benzene rings is 3. The number of carboxylic acids is 1. The Hall–Kier alpha value is -3.65. The van der Waals surface area contributed by atoms with Gasteiger partial charge in [0.15, 0.2) is 23.0 Å². The van der Waals surface area contributed by atoms with E-state index in [9.17, 15) is 20.1 Å². The molecule has 0 amide bonds. The fraction of sp³-hybridized carbons (Fsp3) is 0.190. The van der Waals surface area contributed by atoms with Gasteiger partial charge in [-0.2, -0.15) is 0 Å². The number of rotatable bonds is 5. The number of aliphatic hydroxyl groups is 1. The average Bonchev–Trinajstić information content (AvgIpc) is 3.17. The Kier molecular flexibility index (Phi) is 4.56. The third-order valence-corrected chi connectivity index (χ3v) is 4.85. The Labute approximate surface area is 165 Å². The minimum Gasteiger partial charge on any atom is -0.872 e. The number of methoxy groups -OCH3 is 2. The van der Waals surface area contributed by atoms with Crippen LogP contribution in [0.5, 0.6) is 28.7 Å². The first-order valence-corrected chi connectivity index (χ1v) is 8.65. The van der Waals surface area contributed by atoms with Crippen LogP contribution >= 0.6 is 0 Å². The van der Waals surface area contributed by atoms with Gasteiger partial charge >= 0.3 is 5.97 Å². The van der Waals surface area contributed by atoms with E-state index in [2.05, 4.69) is 0 Å². The van der Waals surface area contributed by atoms with E-state index in [1.165, 1.54) is 26.4 Å². The normalized spacial score (nSPS) is 12.2. The fourth-order valence-corrected chi connectivity index (χ4v) is 3.55. The number of aromatic carboxylic acids is 1. The minimum absolute atomic E-state index is 0.0214. The molecule has 0 radical (unpaired) electrons. The molecule has 8 heteroatoms. The van der Waals surface area contributed by atoms with E-state index in [1.807, 2.05) is 0 Å². The number of hydrogen-bond donors (Lipinski definition) is 2. The molecule has 1 heterocycles. The molecule has 3 aromatic rings. The first-order valence-electron chi connectivity index (χ1n) is 8.65.